The quantitative estimate of drug-likeness (QED) is 0.777. The fraction of sp³-hybridized carbons (Fsp3) is 0.600. The van der Waals surface area contributed by atoms with Crippen molar-refractivity contribution in [3.05, 3.63) is 12.2 Å². The average molecular weight is 255 g/mol. The van der Waals surface area contributed by atoms with Gasteiger partial charge < -0.3 is 15.3 Å². The molecule has 0 bridgehead atoms. The van der Waals surface area contributed by atoms with Crippen LogP contribution >= 0.6 is 0 Å². The van der Waals surface area contributed by atoms with E-state index in [9.17, 15) is 9.59 Å². The van der Waals surface area contributed by atoms with Gasteiger partial charge in [-0.1, -0.05) is 0 Å². The van der Waals surface area contributed by atoms with Crippen molar-refractivity contribution >= 4 is 12.0 Å². The number of aromatic nitrogens is 3. The second-order valence-electron chi connectivity index (χ2n) is 4.42. The highest BCUT2D eigenvalue weighted by atomic mass is 16.4. The van der Waals surface area contributed by atoms with Gasteiger partial charge in [-0.05, 0) is 13.8 Å². The summed E-state index contributed by atoms with van der Waals surface area (Å²) in [7, 11) is 3.15. The number of likely N-dealkylation sites (N-methyl/N-ethyl adjacent to an activating group) is 1. The Labute approximate surface area is 105 Å². The Kier molecular flexibility index (Phi) is 3.89. The van der Waals surface area contributed by atoms with E-state index in [1.54, 1.807) is 7.05 Å². The molecule has 100 valence electrons. The van der Waals surface area contributed by atoms with E-state index in [2.05, 4.69) is 15.4 Å². The number of carbonyl (C=O) groups is 2. The Morgan fingerprint density at radius 3 is 2.61 bits per heavy atom. The minimum absolute atomic E-state index is 0.152. The number of urea groups is 1. The fourth-order valence-electron chi connectivity index (χ4n) is 1.14. The van der Waals surface area contributed by atoms with Crippen molar-refractivity contribution in [2.75, 3.05) is 7.05 Å². The summed E-state index contributed by atoms with van der Waals surface area (Å²) < 4.78 is 1.52. The van der Waals surface area contributed by atoms with Crippen molar-refractivity contribution in [3.8, 4) is 0 Å². The van der Waals surface area contributed by atoms with Crippen LogP contribution in [0.5, 0.6) is 0 Å². The van der Waals surface area contributed by atoms with E-state index < -0.39 is 17.5 Å². The lowest BCUT2D eigenvalue weighted by molar-refractivity contribution is -0.146. The number of carboxylic acids is 1. The Morgan fingerprint density at radius 2 is 2.17 bits per heavy atom. The molecule has 1 heterocycles. The second kappa shape index (κ2) is 5.03. The smallest absolute Gasteiger partial charge is 0.329 e. The Bertz CT molecular complexity index is 454. The molecule has 8 nitrogen and oxygen atoms in total. The first-order chi connectivity index (χ1) is 8.25. The Morgan fingerprint density at radius 1 is 1.56 bits per heavy atom. The van der Waals surface area contributed by atoms with E-state index in [0.29, 0.717) is 5.82 Å². The summed E-state index contributed by atoms with van der Waals surface area (Å²) in [6.45, 7) is 3.06. The number of carboxylic acid groups (broad SMARTS) is 1. The second-order valence-corrected chi connectivity index (χ2v) is 4.42. The predicted octanol–water partition coefficient (Wildman–Crippen LogP) is -0.180. The molecule has 2 amide bonds. The third-order valence-electron chi connectivity index (χ3n) is 2.71. The summed E-state index contributed by atoms with van der Waals surface area (Å²) in [6.07, 6.45) is 1.52. The van der Waals surface area contributed by atoms with Crippen LogP contribution in [0.4, 0.5) is 4.79 Å². The Balaban J connectivity index is 2.58. The number of nitrogens with zero attached hydrogens (tertiary/aromatic N) is 4. The molecule has 0 saturated heterocycles. The van der Waals surface area contributed by atoms with Gasteiger partial charge in [0.2, 0.25) is 0 Å². The lowest BCUT2D eigenvalue weighted by Crippen LogP contribution is -2.53. The first-order valence-electron chi connectivity index (χ1n) is 5.34. The molecule has 0 aliphatic heterocycles. The highest BCUT2D eigenvalue weighted by Crippen LogP contribution is 2.12. The average Bonchev–Trinajstić information content (AvgIpc) is 2.70. The van der Waals surface area contributed by atoms with Crippen molar-refractivity contribution < 1.29 is 14.7 Å². The van der Waals surface area contributed by atoms with Gasteiger partial charge in [-0.25, -0.2) is 14.6 Å². The molecule has 18 heavy (non-hydrogen) atoms. The number of aryl methyl sites for hydroxylation is 1. The molecule has 0 saturated carbocycles. The number of aliphatic carboxylic acids is 1. The van der Waals surface area contributed by atoms with Gasteiger partial charge in [0, 0.05) is 14.1 Å². The van der Waals surface area contributed by atoms with Gasteiger partial charge in [-0.2, -0.15) is 5.10 Å². The number of carbonyl (C=O) groups excluding carboxylic acids is 1. The lowest BCUT2D eigenvalue weighted by atomic mass is 10.1. The van der Waals surface area contributed by atoms with Crippen LogP contribution in [0.2, 0.25) is 0 Å². The number of amides is 2. The molecule has 0 spiro atoms. The summed E-state index contributed by atoms with van der Waals surface area (Å²) in [5, 5.41) is 15.6. The SMILES string of the molecule is CN(C(=O)NCc1ncn(C)n1)C(C)(C)C(=O)O. The molecule has 0 radical (unpaired) electrons. The molecule has 0 aliphatic carbocycles. The third-order valence-corrected chi connectivity index (χ3v) is 2.71. The topological polar surface area (TPSA) is 100 Å². The van der Waals surface area contributed by atoms with Crippen LogP contribution in [0.15, 0.2) is 6.33 Å². The van der Waals surface area contributed by atoms with E-state index in [1.165, 1.54) is 31.9 Å². The van der Waals surface area contributed by atoms with Crippen molar-refractivity contribution in [1.82, 2.24) is 25.0 Å². The number of rotatable bonds is 4. The summed E-state index contributed by atoms with van der Waals surface area (Å²) >= 11 is 0. The first-order valence-corrected chi connectivity index (χ1v) is 5.34. The maximum Gasteiger partial charge on any atom is 0.329 e. The van der Waals surface area contributed by atoms with Crippen LogP contribution in [-0.4, -0.2) is 49.4 Å². The van der Waals surface area contributed by atoms with Gasteiger partial charge in [-0.15, -0.1) is 0 Å². The van der Waals surface area contributed by atoms with Crippen molar-refractivity contribution in [1.29, 1.82) is 0 Å². The standard InChI is InChI=1S/C10H17N5O3/c1-10(2,8(16)17)15(4)9(18)11-5-7-12-6-14(3)13-7/h6H,5H2,1-4H3,(H,11,18)(H,16,17). The van der Waals surface area contributed by atoms with Gasteiger partial charge in [0.15, 0.2) is 5.82 Å². The number of hydrogen-bond acceptors (Lipinski definition) is 4. The maximum absolute atomic E-state index is 11.8. The molecule has 0 atom stereocenters. The van der Waals surface area contributed by atoms with Crippen LogP contribution in [0.3, 0.4) is 0 Å². The van der Waals surface area contributed by atoms with Crippen LogP contribution in [0, 0.1) is 0 Å². The minimum atomic E-state index is -1.28. The van der Waals surface area contributed by atoms with Crippen molar-refractivity contribution in [2.45, 2.75) is 25.9 Å². The summed E-state index contributed by atoms with van der Waals surface area (Å²) in [6, 6.07) is -0.491. The molecule has 8 heteroatoms. The summed E-state index contributed by atoms with van der Waals surface area (Å²) in [5.74, 6) is -0.608. The molecule has 0 aliphatic rings. The summed E-state index contributed by atoms with van der Waals surface area (Å²) in [5.41, 5.74) is -1.28. The van der Waals surface area contributed by atoms with Crippen LogP contribution in [0.1, 0.15) is 19.7 Å². The van der Waals surface area contributed by atoms with Crippen molar-refractivity contribution in [2.24, 2.45) is 7.05 Å². The largest absolute Gasteiger partial charge is 0.480 e. The molecule has 0 fully saturated rings. The zero-order valence-electron chi connectivity index (χ0n) is 10.8. The minimum Gasteiger partial charge on any atom is -0.480 e. The van der Waals surface area contributed by atoms with E-state index in [0.717, 1.165) is 4.90 Å². The van der Waals surface area contributed by atoms with Crippen LogP contribution < -0.4 is 5.32 Å². The van der Waals surface area contributed by atoms with Crippen LogP contribution in [0.25, 0.3) is 0 Å². The summed E-state index contributed by atoms with van der Waals surface area (Å²) in [4.78, 5) is 27.8. The molecular formula is C10H17N5O3. The van der Waals surface area contributed by atoms with E-state index in [4.69, 9.17) is 5.11 Å². The van der Waals surface area contributed by atoms with Gasteiger partial charge in [-0.3, -0.25) is 4.68 Å². The molecule has 0 aromatic carbocycles. The highest BCUT2D eigenvalue weighted by Gasteiger charge is 2.35. The number of hydrogen-bond donors (Lipinski definition) is 2. The van der Waals surface area contributed by atoms with Gasteiger partial charge in [0.25, 0.3) is 0 Å². The normalized spacial score (nSPS) is 11.1. The Hall–Kier alpha value is -2.12. The molecule has 0 unspecified atom stereocenters. The van der Waals surface area contributed by atoms with Gasteiger partial charge in [0.05, 0.1) is 6.54 Å². The first kappa shape index (κ1) is 13.9. The van der Waals surface area contributed by atoms with E-state index in [-0.39, 0.29) is 6.54 Å². The lowest BCUT2D eigenvalue weighted by Gasteiger charge is -2.31. The highest BCUT2D eigenvalue weighted by molar-refractivity contribution is 5.85. The molecule has 1 aromatic rings. The third kappa shape index (κ3) is 2.96. The fourth-order valence-corrected chi connectivity index (χ4v) is 1.14. The molecule has 1 aromatic heterocycles. The van der Waals surface area contributed by atoms with E-state index in [1.807, 2.05) is 0 Å². The van der Waals surface area contributed by atoms with Gasteiger partial charge in [0.1, 0.15) is 11.9 Å². The monoisotopic (exact) mass is 255 g/mol. The van der Waals surface area contributed by atoms with E-state index >= 15 is 0 Å². The zero-order chi connectivity index (χ0) is 13.9. The zero-order valence-corrected chi connectivity index (χ0v) is 10.8. The maximum atomic E-state index is 11.8. The number of nitrogens with one attached hydrogen (secondary N) is 1. The van der Waals surface area contributed by atoms with Crippen molar-refractivity contribution in [3.63, 3.8) is 0 Å². The van der Waals surface area contributed by atoms with Crippen LogP contribution in [-0.2, 0) is 18.4 Å². The van der Waals surface area contributed by atoms with Gasteiger partial charge >= 0.3 is 12.0 Å². The molecular weight excluding hydrogens is 238 g/mol. The predicted molar refractivity (Wildman–Crippen MR) is 62.7 cm³/mol. The molecule has 2 N–H and O–H groups in total. The molecule has 1 rings (SSSR count).